The molecule has 0 aromatic heterocycles. The zero-order valence-electron chi connectivity index (χ0n) is 25.7. The molecule has 0 bridgehead atoms. The molecule has 1 fully saturated rings. The Labute approximate surface area is 258 Å². The Bertz CT molecular complexity index is 827. The summed E-state index contributed by atoms with van der Waals surface area (Å²) in [5.74, 6) is -1.36. The Morgan fingerprint density at radius 3 is 2.16 bits per heavy atom. The third kappa shape index (κ3) is 19.4. The highest BCUT2D eigenvalue weighted by Gasteiger charge is 2.40. The number of hydrogen-bond donors (Lipinski definition) is 6. The highest BCUT2D eigenvalue weighted by molar-refractivity contribution is 5.78. The zero-order chi connectivity index (χ0) is 32.7. The van der Waals surface area contributed by atoms with E-state index in [9.17, 15) is 24.6 Å². The van der Waals surface area contributed by atoms with Crippen molar-refractivity contribution in [2.75, 3.05) is 19.8 Å². The SMILES string of the molecule is CCCCCCCC(=O)CC[C@@H]1[C@@H](C/C=C\CCCC(=O)OCC(CON(O)O)OC(=O)CCCON(O)O)[C@@H](O)C[C@H]1O. The predicted molar refractivity (Wildman–Crippen MR) is 152 cm³/mol. The number of nitrogens with zero attached hydrogens (tertiary/aromatic N) is 2. The quantitative estimate of drug-likeness (QED) is 0.0347. The van der Waals surface area contributed by atoms with Crippen molar-refractivity contribution >= 4 is 17.7 Å². The van der Waals surface area contributed by atoms with Gasteiger partial charge in [0, 0.05) is 25.7 Å². The van der Waals surface area contributed by atoms with Crippen LogP contribution in [-0.4, -0.2) is 97.7 Å². The van der Waals surface area contributed by atoms with E-state index in [4.69, 9.17) is 30.3 Å². The standard InChI is InChI=1S/C29H52N2O13/c1-2-3-4-5-8-12-22(32)16-17-25-24(26(33)19-27(25)34)13-9-6-7-10-14-28(35)41-20-23(21-43-31(39)40)44-29(36)15-11-18-42-30(37)38/h6,9,23-27,33-34,37-40H,2-5,7-8,10-21H2,1H3/b9-6-/t23?,24-,25-,26+,27-/m1/s1. The van der Waals surface area contributed by atoms with Crippen molar-refractivity contribution in [3.63, 3.8) is 0 Å². The van der Waals surface area contributed by atoms with Crippen molar-refractivity contribution in [3.8, 4) is 0 Å². The molecule has 1 aliphatic carbocycles. The van der Waals surface area contributed by atoms with E-state index >= 15 is 0 Å². The molecule has 0 aliphatic heterocycles. The van der Waals surface area contributed by atoms with E-state index in [1.807, 2.05) is 12.2 Å². The topological polar surface area (TPSA) is 216 Å². The number of aliphatic hydroxyl groups excluding tert-OH is 2. The van der Waals surface area contributed by atoms with Crippen LogP contribution in [0.2, 0.25) is 0 Å². The van der Waals surface area contributed by atoms with Crippen LogP contribution in [0, 0.1) is 11.8 Å². The van der Waals surface area contributed by atoms with Gasteiger partial charge in [0.1, 0.15) is 19.0 Å². The molecule has 0 spiro atoms. The predicted octanol–water partition coefficient (Wildman–Crippen LogP) is 3.43. The lowest BCUT2D eigenvalue weighted by molar-refractivity contribution is -0.495. The number of unbranched alkanes of at least 4 members (excludes halogenated alkanes) is 5. The normalized spacial score (nSPS) is 20.9. The van der Waals surface area contributed by atoms with Crippen molar-refractivity contribution in [2.24, 2.45) is 11.8 Å². The van der Waals surface area contributed by atoms with Crippen LogP contribution in [0.15, 0.2) is 12.2 Å². The second kappa shape index (κ2) is 24.2. The second-order valence-electron chi connectivity index (χ2n) is 11.1. The molecule has 1 aliphatic rings. The van der Waals surface area contributed by atoms with Crippen LogP contribution >= 0.6 is 0 Å². The first-order chi connectivity index (χ1) is 21.0. The minimum atomic E-state index is -1.14. The minimum Gasteiger partial charge on any atom is -0.462 e. The van der Waals surface area contributed by atoms with Gasteiger partial charge in [-0.05, 0) is 56.8 Å². The summed E-state index contributed by atoms with van der Waals surface area (Å²) in [7, 11) is 0. The summed E-state index contributed by atoms with van der Waals surface area (Å²) in [5.41, 5.74) is 0. The lowest BCUT2D eigenvalue weighted by Gasteiger charge is -2.22. The Kier molecular flexibility index (Phi) is 22.0. The molecule has 1 unspecified atom stereocenters. The number of esters is 2. The van der Waals surface area contributed by atoms with Gasteiger partial charge in [-0.1, -0.05) is 44.8 Å². The molecule has 0 saturated heterocycles. The maximum absolute atomic E-state index is 12.3. The van der Waals surface area contributed by atoms with Crippen LogP contribution in [0.25, 0.3) is 0 Å². The Morgan fingerprint density at radius 2 is 1.45 bits per heavy atom. The molecule has 1 rings (SSSR count). The van der Waals surface area contributed by atoms with Crippen molar-refractivity contribution < 1.29 is 64.6 Å². The largest absolute Gasteiger partial charge is 0.462 e. The summed E-state index contributed by atoms with van der Waals surface area (Å²) in [4.78, 5) is 45.2. The first kappa shape index (κ1) is 40.0. The number of hydrogen-bond acceptors (Lipinski definition) is 15. The van der Waals surface area contributed by atoms with Gasteiger partial charge < -0.3 is 19.7 Å². The molecule has 256 valence electrons. The van der Waals surface area contributed by atoms with Crippen molar-refractivity contribution in [2.45, 2.75) is 122 Å². The van der Waals surface area contributed by atoms with E-state index in [1.54, 1.807) is 0 Å². The summed E-state index contributed by atoms with van der Waals surface area (Å²) in [6.45, 7) is 1.06. The highest BCUT2D eigenvalue weighted by Crippen LogP contribution is 2.38. The molecule has 0 heterocycles. The Morgan fingerprint density at radius 1 is 0.773 bits per heavy atom. The Hall–Kier alpha value is -2.05. The first-order valence-electron chi connectivity index (χ1n) is 15.5. The molecule has 0 amide bonds. The van der Waals surface area contributed by atoms with Gasteiger partial charge in [0.25, 0.3) is 0 Å². The fraction of sp³-hybridized carbons (Fsp3) is 0.828. The second-order valence-corrected chi connectivity index (χ2v) is 11.1. The monoisotopic (exact) mass is 636 g/mol. The van der Waals surface area contributed by atoms with E-state index in [-0.39, 0.29) is 43.5 Å². The zero-order valence-corrected chi connectivity index (χ0v) is 25.7. The highest BCUT2D eigenvalue weighted by atomic mass is 17.1. The average molecular weight is 637 g/mol. The van der Waals surface area contributed by atoms with E-state index < -0.39 is 54.2 Å². The van der Waals surface area contributed by atoms with Crippen LogP contribution in [0.3, 0.4) is 0 Å². The van der Waals surface area contributed by atoms with E-state index in [1.165, 1.54) is 6.42 Å². The average Bonchev–Trinajstić information content (AvgIpc) is 3.24. The number of carbonyl (C=O) groups is 3. The summed E-state index contributed by atoms with van der Waals surface area (Å²) in [5, 5.41) is 54.2. The van der Waals surface area contributed by atoms with Gasteiger partial charge in [0.05, 0.1) is 29.6 Å². The molecule has 0 aromatic rings. The summed E-state index contributed by atoms with van der Waals surface area (Å²) >= 11 is 0. The molecule has 44 heavy (non-hydrogen) atoms. The molecule has 0 aromatic carbocycles. The lowest BCUT2D eigenvalue weighted by atomic mass is 9.86. The number of allylic oxidation sites excluding steroid dienone is 2. The summed E-state index contributed by atoms with van der Waals surface area (Å²) < 4.78 is 10.2. The van der Waals surface area contributed by atoms with E-state index in [0.29, 0.717) is 44.9 Å². The number of ketones is 1. The van der Waals surface area contributed by atoms with Crippen LogP contribution < -0.4 is 0 Å². The van der Waals surface area contributed by atoms with Crippen LogP contribution in [0.1, 0.15) is 103 Å². The van der Waals surface area contributed by atoms with Gasteiger partial charge in [0.15, 0.2) is 6.10 Å². The van der Waals surface area contributed by atoms with Crippen LogP contribution in [-0.2, 0) is 33.5 Å². The van der Waals surface area contributed by atoms with E-state index in [0.717, 1.165) is 25.7 Å². The third-order valence-electron chi connectivity index (χ3n) is 7.50. The fourth-order valence-electron chi connectivity index (χ4n) is 5.15. The third-order valence-corrected chi connectivity index (χ3v) is 7.50. The van der Waals surface area contributed by atoms with Crippen molar-refractivity contribution in [1.29, 1.82) is 0 Å². The smallest absolute Gasteiger partial charge is 0.306 e. The number of Topliss-reactive ketones (excluding diaryl/α,β-unsaturated/α-hetero) is 1. The molecule has 6 N–H and O–H groups in total. The van der Waals surface area contributed by atoms with Gasteiger partial charge in [-0.2, -0.15) is 0 Å². The number of carbonyl (C=O) groups excluding carboxylic acids is 3. The Balaban J connectivity index is 2.36. The van der Waals surface area contributed by atoms with Gasteiger partial charge in [-0.3, -0.25) is 40.1 Å². The molecular formula is C29H52N2O13. The maximum Gasteiger partial charge on any atom is 0.306 e. The molecule has 5 atom stereocenters. The fourth-order valence-corrected chi connectivity index (χ4v) is 5.15. The van der Waals surface area contributed by atoms with E-state index in [2.05, 4.69) is 16.6 Å². The van der Waals surface area contributed by atoms with Crippen LogP contribution in [0.4, 0.5) is 0 Å². The van der Waals surface area contributed by atoms with Crippen molar-refractivity contribution in [1.82, 2.24) is 10.8 Å². The summed E-state index contributed by atoms with van der Waals surface area (Å²) in [6.07, 6.45) is 10.3. The van der Waals surface area contributed by atoms with Gasteiger partial charge in [-0.15, -0.1) is 0 Å². The van der Waals surface area contributed by atoms with Gasteiger partial charge in [0.2, 0.25) is 0 Å². The maximum atomic E-state index is 12.3. The molecule has 15 heteroatoms. The van der Waals surface area contributed by atoms with Gasteiger partial charge >= 0.3 is 11.9 Å². The summed E-state index contributed by atoms with van der Waals surface area (Å²) in [6, 6.07) is 0. The number of aliphatic hydroxyl groups is 2. The molecule has 15 nitrogen and oxygen atoms in total. The molecule has 0 radical (unpaired) electrons. The lowest BCUT2D eigenvalue weighted by Crippen LogP contribution is -2.32. The minimum absolute atomic E-state index is 0.0715. The number of ether oxygens (including phenoxy) is 2. The molecule has 1 saturated carbocycles. The van der Waals surface area contributed by atoms with Crippen molar-refractivity contribution in [3.05, 3.63) is 12.2 Å². The van der Waals surface area contributed by atoms with Crippen LogP contribution in [0.5, 0.6) is 0 Å². The van der Waals surface area contributed by atoms with Gasteiger partial charge in [-0.25, -0.2) is 4.84 Å². The molecular weight excluding hydrogens is 584 g/mol. The number of rotatable bonds is 26. The first-order valence-corrected chi connectivity index (χ1v) is 15.5.